The van der Waals surface area contributed by atoms with Gasteiger partial charge in [0.25, 0.3) is 0 Å². The molecule has 0 atom stereocenters. The van der Waals surface area contributed by atoms with E-state index in [9.17, 15) is 11.1 Å². The molecular weight excluding hydrogens is 1240 g/mol. The van der Waals surface area contributed by atoms with Gasteiger partial charge in [-0.25, -0.2) is 9.39 Å². The number of aliphatic hydroxyl groups excluding tert-OH is 2. The summed E-state index contributed by atoms with van der Waals surface area (Å²) in [7, 11) is 9.00. The van der Waals surface area contributed by atoms with Crippen molar-refractivity contribution in [3.63, 3.8) is 0 Å². The van der Waals surface area contributed by atoms with Gasteiger partial charge in [-0.15, -0.1) is 0 Å². The van der Waals surface area contributed by atoms with Gasteiger partial charge in [0.05, 0.1) is 0 Å². The molecule has 4 aromatic rings. The summed E-state index contributed by atoms with van der Waals surface area (Å²) in [6.45, 7) is 13.6. The van der Waals surface area contributed by atoms with E-state index in [1.165, 1.54) is 191 Å². The van der Waals surface area contributed by atoms with Crippen molar-refractivity contribution in [3.8, 4) is 0 Å². The molecule has 0 aromatic heterocycles. The summed E-state index contributed by atoms with van der Waals surface area (Å²) in [5, 5.41) is 21.0. The number of benzene rings is 4. The number of rotatable bonds is 39. The number of hydrogen-bond donors (Lipinski definition) is 2. The maximum atomic E-state index is 11.9. The van der Waals surface area contributed by atoms with E-state index in [1.807, 2.05) is 12.2 Å². The summed E-state index contributed by atoms with van der Waals surface area (Å²) < 4.78 is 2.93. The molecule has 10 heteroatoms. The first kappa shape index (κ1) is 87.8. The molecule has 0 saturated carbocycles. The molecule has 0 saturated heterocycles. The van der Waals surface area contributed by atoms with Crippen LogP contribution in [0.2, 0.25) is 0 Å². The summed E-state index contributed by atoms with van der Waals surface area (Å²) in [5.74, 6) is 0. The van der Waals surface area contributed by atoms with Crippen LogP contribution in [0.25, 0.3) is 44.5 Å². The third kappa shape index (κ3) is 35.2. The van der Waals surface area contributed by atoms with Crippen LogP contribution in [0.5, 0.6) is 0 Å². The predicted octanol–water partition coefficient (Wildman–Crippen LogP) is 24.0. The van der Waals surface area contributed by atoms with Crippen molar-refractivity contribution in [2.75, 3.05) is 42.4 Å². The van der Waals surface area contributed by atoms with Crippen molar-refractivity contribution in [3.05, 3.63) is 199 Å². The minimum atomic E-state index is 0. The zero-order chi connectivity index (χ0) is 64.8. The van der Waals surface area contributed by atoms with Crippen LogP contribution in [0.4, 0.5) is 0 Å². The molecule has 0 bridgehead atoms. The second-order valence-corrected chi connectivity index (χ2v) is 23.7. The molecule has 2 heterocycles. The van der Waals surface area contributed by atoms with Crippen molar-refractivity contribution in [2.24, 2.45) is 0 Å². The first-order chi connectivity index (χ1) is 43.2. The Balaban J connectivity index is 0. The van der Waals surface area contributed by atoms with Crippen LogP contribution >= 0.6 is 0 Å². The van der Waals surface area contributed by atoms with Crippen LogP contribution in [0.15, 0.2) is 133 Å². The average molecular weight is 1370 g/mol. The Morgan fingerprint density at radius 1 is 0.367 bits per heavy atom. The quantitative estimate of drug-likeness (QED) is 0.0200. The van der Waals surface area contributed by atoms with E-state index in [4.69, 9.17) is 10.2 Å². The Morgan fingerprint density at radius 3 is 1.16 bits per heavy atom. The number of hydrogen-bond acceptors (Lipinski definition) is 2. The van der Waals surface area contributed by atoms with Crippen LogP contribution in [-0.2, 0) is 62.6 Å². The van der Waals surface area contributed by atoms with Gasteiger partial charge in [0.2, 0.25) is 22.8 Å². The van der Waals surface area contributed by atoms with Crippen LogP contribution < -0.4 is 0 Å². The monoisotopic (exact) mass is 1370 g/mol. The van der Waals surface area contributed by atoms with E-state index in [2.05, 4.69) is 161 Å². The van der Waals surface area contributed by atoms with Gasteiger partial charge in [0.15, 0.2) is 0 Å². The Kier molecular flexibility index (Phi) is 58.3. The van der Waals surface area contributed by atoms with Crippen molar-refractivity contribution in [1.82, 2.24) is 0 Å². The fourth-order valence-electron chi connectivity index (χ4n) is 11.4. The van der Waals surface area contributed by atoms with E-state index in [0.717, 1.165) is 124 Å². The molecule has 6 rings (SSSR count). The van der Waals surface area contributed by atoms with Crippen molar-refractivity contribution in [2.45, 2.75) is 260 Å². The van der Waals surface area contributed by atoms with Crippen molar-refractivity contribution in [1.29, 1.82) is 0 Å². The molecule has 2 aliphatic rings. The Morgan fingerprint density at radius 2 is 0.711 bits per heavy atom. The summed E-state index contributed by atoms with van der Waals surface area (Å²) in [4.78, 5) is 0. The van der Waals surface area contributed by atoms with Gasteiger partial charge < -0.3 is 31.9 Å². The number of unbranched alkanes of at least 4 members (excludes halogenated alkanes) is 21. The van der Waals surface area contributed by atoms with Gasteiger partial charge in [0.1, 0.15) is 0 Å². The molecule has 0 radical (unpaired) electrons. The molecule has 0 unspecified atom stereocenters. The fraction of sp³-hybridized carbons (Fsp3) is 0.575. The summed E-state index contributed by atoms with van der Waals surface area (Å²) in [5.41, 5.74) is 39.4. The zero-order valence-corrected chi connectivity index (χ0v) is 61.3. The van der Waals surface area contributed by atoms with Gasteiger partial charge in [-0.05, 0) is 155 Å². The van der Waals surface area contributed by atoms with Crippen LogP contribution in [-0.4, -0.2) is 62.0 Å². The Hall–Kier alpha value is -4.22. The van der Waals surface area contributed by atoms with E-state index in [0.29, 0.717) is 0 Å². The van der Waals surface area contributed by atoms with Gasteiger partial charge in [-0.3, -0.25) is 0 Å². The number of allylic oxidation sites excluding steroid dienone is 6. The Labute approximate surface area is 576 Å². The molecule has 0 spiro atoms. The van der Waals surface area contributed by atoms with Crippen LogP contribution in [0.1, 0.15) is 279 Å². The maximum Gasteiger partial charge on any atom is 2.00 e. The van der Waals surface area contributed by atoms with Crippen LogP contribution in [0.3, 0.4) is 0 Å². The molecule has 90 heavy (non-hydrogen) atoms. The molecule has 2 aliphatic heterocycles. The van der Waals surface area contributed by atoms with Gasteiger partial charge in [0, 0.05) is 80.2 Å². The van der Waals surface area contributed by atoms with E-state index < -0.39 is 0 Å². The fourth-order valence-corrected chi connectivity index (χ4v) is 11.4. The van der Waals surface area contributed by atoms with Gasteiger partial charge in [-0.2, -0.15) is 28.2 Å². The molecule has 8 nitrogen and oxygen atoms in total. The molecule has 4 aromatic carbocycles. The SMILES string of the molecule is CCCCCCCCCC=CCCc1ccccc1C1=CC=C(c2cccc(CCCC)c2)[N+]1=[N-].CCCCCCCCCCCCCc1cccc(C2=C(CCCC)C(CCCC)=C(c3cccc(CCCC)c3)[N+]2=[N-])c1.CO.CO.C[N-]C.C[N-]C.[Ni+2].[Pd]. The average Bonchev–Trinajstić information content (AvgIpc) is 1.64. The second-order valence-electron chi connectivity index (χ2n) is 23.7. The largest absolute Gasteiger partial charge is 2.00 e. The van der Waals surface area contributed by atoms with Crippen molar-refractivity contribution < 1.29 is 56.5 Å². The van der Waals surface area contributed by atoms with E-state index in [1.54, 1.807) is 32.9 Å². The van der Waals surface area contributed by atoms with E-state index in [-0.39, 0.29) is 36.9 Å². The number of nitrogens with zero attached hydrogens (tertiary/aromatic N) is 6. The minimum absolute atomic E-state index is 0. The van der Waals surface area contributed by atoms with Gasteiger partial charge >= 0.3 is 16.5 Å². The standard InChI is InChI=1S/C41H62N2.C33H44N2.2C2H6N.2CH4O.Ni.Pd/c1-5-9-13-14-15-16-17-18-19-20-21-25-35-27-23-29-37(33-35)41-39(31-12-8-4)38(30-11-7-3)40(43(41)42)36-28-22-26-34(32-36)24-10-6-2;1-3-5-7-8-9-10-11-12-13-14-15-21-29-22-16-17-24-31(29)33-26-25-32(35(33)34)30-23-18-20-28(27-30)19-6-4-2;2*1-3-2;2*1-2;;/h22-23,26-29,32-33H,5-21,24-25,30-31H2,1-4H3;13-14,16-18,20,22-27H,3-12,15,19,21H2,1-2H3;2*1-2H3;2*2H,1H3;;/q;;2*-1;;;+2;. The zero-order valence-electron chi connectivity index (χ0n) is 58.8. The predicted molar refractivity (Wildman–Crippen MR) is 386 cm³/mol. The number of aliphatic hydroxyl groups is 2. The Bertz CT molecular complexity index is 2620. The maximum absolute atomic E-state index is 11.9. The molecule has 508 valence electrons. The summed E-state index contributed by atoms with van der Waals surface area (Å²) in [6, 6.07) is 35.1. The smallest absolute Gasteiger partial charge is 0.668 e. The molecule has 0 aliphatic carbocycles. The molecular formula is C80H126N6NiO2Pd. The van der Waals surface area contributed by atoms with Gasteiger partial charge in [-0.1, -0.05) is 237 Å². The first-order valence-electron chi connectivity index (χ1n) is 34.9. The molecule has 0 fully saturated rings. The number of aryl methyl sites for hydroxylation is 4. The van der Waals surface area contributed by atoms with Crippen LogP contribution in [0, 0.1) is 0 Å². The minimum Gasteiger partial charge on any atom is -0.668 e. The van der Waals surface area contributed by atoms with Crippen molar-refractivity contribution >= 4 is 22.8 Å². The molecule has 0 amide bonds. The second kappa shape index (κ2) is 59.8. The van der Waals surface area contributed by atoms with E-state index >= 15 is 0 Å². The third-order valence-corrected chi connectivity index (χ3v) is 16.1. The third-order valence-electron chi connectivity index (χ3n) is 16.1. The summed E-state index contributed by atoms with van der Waals surface area (Å²) in [6.07, 6.45) is 51.4. The normalized spacial score (nSPS) is 12.2. The first-order valence-corrected chi connectivity index (χ1v) is 34.9. The topological polar surface area (TPSA) is 119 Å². The molecule has 2 N–H and O–H groups in total. The summed E-state index contributed by atoms with van der Waals surface area (Å²) >= 11 is 0.